The van der Waals surface area contributed by atoms with Crippen molar-refractivity contribution in [3.05, 3.63) is 96.3 Å². The highest BCUT2D eigenvalue weighted by molar-refractivity contribution is 5.79. The summed E-state index contributed by atoms with van der Waals surface area (Å²) in [6, 6.07) is 21.7. The zero-order valence-electron chi connectivity index (χ0n) is 17.7. The third-order valence-electron chi connectivity index (χ3n) is 5.49. The van der Waals surface area contributed by atoms with Gasteiger partial charge in [-0.25, -0.2) is 0 Å². The molecule has 3 rings (SSSR count). The minimum atomic E-state index is 0.0899. The number of hydrogen-bond donors (Lipinski definition) is 2. The van der Waals surface area contributed by atoms with Crippen molar-refractivity contribution in [3.8, 4) is 0 Å². The lowest BCUT2D eigenvalue weighted by Crippen LogP contribution is -2.59. The molecule has 0 bridgehead atoms. The van der Waals surface area contributed by atoms with Crippen LogP contribution in [0, 0.1) is 5.41 Å². The summed E-state index contributed by atoms with van der Waals surface area (Å²) in [6.07, 6.45) is 0. The Balaban J connectivity index is 2.08. The Bertz CT molecular complexity index is 817. The molecule has 0 spiro atoms. The quantitative estimate of drug-likeness (QED) is 0.572. The van der Waals surface area contributed by atoms with Crippen molar-refractivity contribution in [1.29, 1.82) is 5.41 Å². The molecule has 0 aliphatic carbocycles. The second kappa shape index (κ2) is 8.99. The Morgan fingerprint density at radius 1 is 1.03 bits per heavy atom. The zero-order valence-corrected chi connectivity index (χ0v) is 17.7. The number of nitrogens with zero attached hydrogens (tertiary/aromatic N) is 2. The van der Waals surface area contributed by atoms with Crippen LogP contribution in [-0.2, 0) is 0 Å². The number of allylic oxidation sites excluding steroid dienone is 1. The maximum absolute atomic E-state index is 8.72. The zero-order chi connectivity index (χ0) is 21.0. The standard InChI is InChI=1S/C25H32N4/c1-18(2)27-25(26)29-16-20(5)28(19(3)4)17-23(29)24(21-12-8-6-9-13-21)22-14-10-7-11-15-22/h6-15,19,23-24H,1,5,16-17H2,2-4H3,(H2,26,27)/t23-/m1/s1. The van der Waals surface area contributed by atoms with Crippen molar-refractivity contribution in [1.82, 2.24) is 15.1 Å². The van der Waals surface area contributed by atoms with Crippen molar-refractivity contribution in [3.63, 3.8) is 0 Å². The summed E-state index contributed by atoms with van der Waals surface area (Å²) in [5.41, 5.74) is 4.33. The highest BCUT2D eigenvalue weighted by atomic mass is 15.4. The number of piperazine rings is 1. The lowest BCUT2D eigenvalue weighted by Gasteiger charge is -2.49. The van der Waals surface area contributed by atoms with Gasteiger partial charge in [-0.2, -0.15) is 0 Å². The Morgan fingerprint density at radius 2 is 1.55 bits per heavy atom. The van der Waals surface area contributed by atoms with Crippen molar-refractivity contribution in [2.24, 2.45) is 0 Å². The van der Waals surface area contributed by atoms with Gasteiger partial charge in [0.05, 0.1) is 12.6 Å². The normalized spacial score (nSPS) is 17.0. The van der Waals surface area contributed by atoms with Crippen LogP contribution >= 0.6 is 0 Å². The fourth-order valence-corrected chi connectivity index (χ4v) is 4.17. The van der Waals surface area contributed by atoms with Gasteiger partial charge < -0.3 is 15.1 Å². The fourth-order valence-electron chi connectivity index (χ4n) is 4.17. The number of hydrogen-bond acceptors (Lipinski definition) is 2. The van der Waals surface area contributed by atoms with Crippen LogP contribution in [0.5, 0.6) is 0 Å². The van der Waals surface area contributed by atoms with Gasteiger partial charge in [-0.15, -0.1) is 0 Å². The molecule has 1 aliphatic rings. The van der Waals surface area contributed by atoms with E-state index in [1.807, 2.05) is 6.92 Å². The predicted octanol–water partition coefficient (Wildman–Crippen LogP) is 4.78. The van der Waals surface area contributed by atoms with Crippen LogP contribution in [0.4, 0.5) is 0 Å². The van der Waals surface area contributed by atoms with Crippen LogP contribution in [-0.4, -0.2) is 40.9 Å². The van der Waals surface area contributed by atoms with Gasteiger partial charge in [0.1, 0.15) is 0 Å². The minimum Gasteiger partial charge on any atom is -0.369 e. The smallest absolute Gasteiger partial charge is 0.196 e. The molecule has 152 valence electrons. The first-order chi connectivity index (χ1) is 13.9. The van der Waals surface area contributed by atoms with E-state index >= 15 is 0 Å². The molecule has 0 amide bonds. The van der Waals surface area contributed by atoms with Crippen LogP contribution in [0.3, 0.4) is 0 Å². The Labute approximate surface area is 175 Å². The van der Waals surface area contributed by atoms with Gasteiger partial charge in [0, 0.05) is 29.9 Å². The molecular formula is C25H32N4. The lowest BCUT2D eigenvalue weighted by atomic mass is 9.82. The SMILES string of the molecule is C=C(C)NC(=N)N1CC(=C)N(C(C)C)C[C@@H]1C(c1ccccc1)c1ccccc1. The van der Waals surface area contributed by atoms with Gasteiger partial charge in [-0.05, 0) is 31.9 Å². The highest BCUT2D eigenvalue weighted by Crippen LogP contribution is 2.35. The van der Waals surface area contributed by atoms with E-state index in [0.29, 0.717) is 18.5 Å². The average molecular weight is 389 g/mol. The third kappa shape index (κ3) is 4.70. The summed E-state index contributed by atoms with van der Waals surface area (Å²) in [6.45, 7) is 16.0. The molecule has 2 aromatic carbocycles. The van der Waals surface area contributed by atoms with E-state index in [2.05, 4.69) is 103 Å². The first-order valence-corrected chi connectivity index (χ1v) is 10.2. The van der Waals surface area contributed by atoms with E-state index in [0.717, 1.165) is 17.9 Å². The summed E-state index contributed by atoms with van der Waals surface area (Å²) < 4.78 is 0. The molecule has 0 aromatic heterocycles. The van der Waals surface area contributed by atoms with Crippen molar-refractivity contribution in [2.75, 3.05) is 13.1 Å². The summed E-state index contributed by atoms with van der Waals surface area (Å²) in [5, 5.41) is 11.8. The van der Waals surface area contributed by atoms with Gasteiger partial charge in [-0.3, -0.25) is 5.41 Å². The van der Waals surface area contributed by atoms with Crippen LogP contribution in [0.1, 0.15) is 37.8 Å². The maximum atomic E-state index is 8.72. The molecule has 1 heterocycles. The van der Waals surface area contributed by atoms with Crippen LogP contribution in [0.2, 0.25) is 0 Å². The number of guanidine groups is 1. The number of rotatable bonds is 5. The molecule has 1 fully saturated rings. The van der Waals surface area contributed by atoms with E-state index in [9.17, 15) is 0 Å². The van der Waals surface area contributed by atoms with E-state index in [1.54, 1.807) is 0 Å². The van der Waals surface area contributed by atoms with E-state index in [-0.39, 0.29) is 12.0 Å². The van der Waals surface area contributed by atoms with Gasteiger partial charge in [0.15, 0.2) is 5.96 Å². The maximum Gasteiger partial charge on any atom is 0.196 e. The lowest BCUT2D eigenvalue weighted by molar-refractivity contribution is 0.133. The van der Waals surface area contributed by atoms with Crippen molar-refractivity contribution in [2.45, 2.75) is 38.8 Å². The van der Waals surface area contributed by atoms with Crippen LogP contribution in [0.15, 0.2) is 85.2 Å². The minimum absolute atomic E-state index is 0.0899. The van der Waals surface area contributed by atoms with Gasteiger partial charge in [-0.1, -0.05) is 73.8 Å². The number of benzene rings is 2. The second-order valence-electron chi connectivity index (χ2n) is 8.06. The molecule has 0 unspecified atom stereocenters. The fraction of sp³-hybridized carbons (Fsp3) is 0.320. The Hall–Kier alpha value is -3.01. The monoisotopic (exact) mass is 388 g/mol. The summed E-state index contributed by atoms with van der Waals surface area (Å²) in [7, 11) is 0. The van der Waals surface area contributed by atoms with E-state index < -0.39 is 0 Å². The highest BCUT2D eigenvalue weighted by Gasteiger charge is 2.38. The molecule has 2 aromatic rings. The predicted molar refractivity (Wildman–Crippen MR) is 122 cm³/mol. The van der Waals surface area contributed by atoms with Gasteiger partial charge in [0.25, 0.3) is 0 Å². The molecule has 29 heavy (non-hydrogen) atoms. The average Bonchev–Trinajstić information content (AvgIpc) is 2.70. The Morgan fingerprint density at radius 3 is 2.00 bits per heavy atom. The van der Waals surface area contributed by atoms with Gasteiger partial charge >= 0.3 is 0 Å². The van der Waals surface area contributed by atoms with E-state index in [4.69, 9.17) is 5.41 Å². The molecule has 1 atom stereocenters. The van der Waals surface area contributed by atoms with Gasteiger partial charge in [0.2, 0.25) is 0 Å². The summed E-state index contributed by atoms with van der Waals surface area (Å²) in [5.74, 6) is 0.517. The van der Waals surface area contributed by atoms with Crippen molar-refractivity contribution < 1.29 is 0 Å². The summed E-state index contributed by atoms with van der Waals surface area (Å²) >= 11 is 0. The molecule has 0 saturated carbocycles. The molecular weight excluding hydrogens is 356 g/mol. The largest absolute Gasteiger partial charge is 0.369 e. The van der Waals surface area contributed by atoms with Crippen molar-refractivity contribution >= 4 is 5.96 Å². The summed E-state index contributed by atoms with van der Waals surface area (Å²) in [4.78, 5) is 4.51. The molecule has 0 radical (unpaired) electrons. The molecule has 4 nitrogen and oxygen atoms in total. The third-order valence-corrected chi connectivity index (χ3v) is 5.49. The molecule has 4 heteroatoms. The molecule has 1 aliphatic heterocycles. The topological polar surface area (TPSA) is 42.4 Å². The first-order valence-electron chi connectivity index (χ1n) is 10.2. The second-order valence-corrected chi connectivity index (χ2v) is 8.06. The molecule has 1 saturated heterocycles. The number of nitrogens with one attached hydrogen (secondary N) is 2. The van der Waals surface area contributed by atoms with Crippen LogP contribution in [0.25, 0.3) is 0 Å². The van der Waals surface area contributed by atoms with E-state index in [1.165, 1.54) is 11.1 Å². The van der Waals surface area contributed by atoms with Crippen LogP contribution < -0.4 is 5.32 Å². The first kappa shape index (κ1) is 20.7. The Kier molecular flexibility index (Phi) is 6.42. The molecule has 2 N–H and O–H groups in total.